The molecule has 3 aliphatic heterocycles. The number of piperidine rings is 2. The number of amides is 1. The maximum absolute atomic E-state index is 13.3. The first-order valence-electron chi connectivity index (χ1n) is 14.8. The van der Waals surface area contributed by atoms with Crippen LogP contribution in [-0.4, -0.2) is 57.0 Å². The van der Waals surface area contributed by atoms with E-state index in [0.29, 0.717) is 18.1 Å². The van der Waals surface area contributed by atoms with Crippen LogP contribution in [0.2, 0.25) is 0 Å². The molecule has 7 rings (SSSR count). The lowest BCUT2D eigenvalue weighted by atomic mass is 9.70. The van der Waals surface area contributed by atoms with Crippen molar-refractivity contribution in [1.82, 2.24) is 19.4 Å². The molecule has 5 heterocycles. The minimum absolute atomic E-state index is 0.123. The molecular weight excluding hydrogens is 580 g/mol. The van der Waals surface area contributed by atoms with Gasteiger partial charge in [0, 0.05) is 35.7 Å². The van der Waals surface area contributed by atoms with Crippen molar-refractivity contribution in [1.29, 1.82) is 0 Å². The minimum atomic E-state index is 0.123. The van der Waals surface area contributed by atoms with E-state index in [2.05, 4.69) is 91.8 Å². The highest BCUT2D eigenvalue weighted by Crippen LogP contribution is 2.45. The summed E-state index contributed by atoms with van der Waals surface area (Å²) >= 11 is 5.10. The number of carbonyl (C=O) groups is 1. The third kappa shape index (κ3) is 4.64. The highest BCUT2D eigenvalue weighted by Gasteiger charge is 2.44. The van der Waals surface area contributed by atoms with Crippen molar-refractivity contribution >= 4 is 44.2 Å². The Hall–Kier alpha value is -2.48. The van der Waals surface area contributed by atoms with Gasteiger partial charge < -0.3 is 9.47 Å². The van der Waals surface area contributed by atoms with Crippen LogP contribution in [0, 0.1) is 6.92 Å². The van der Waals surface area contributed by atoms with E-state index >= 15 is 0 Å². The molecule has 3 aliphatic rings. The smallest absolute Gasteiger partial charge is 0.265 e. The van der Waals surface area contributed by atoms with Crippen molar-refractivity contribution in [3.8, 4) is 0 Å². The Morgan fingerprint density at radius 1 is 0.975 bits per heavy atom. The fourth-order valence-corrected chi connectivity index (χ4v) is 9.50. The van der Waals surface area contributed by atoms with Crippen LogP contribution in [0.5, 0.6) is 0 Å². The second kappa shape index (κ2) is 10.7. The molecular formula is C33H37BrN4OS. The number of benzene rings is 2. The van der Waals surface area contributed by atoms with Gasteiger partial charge in [-0.15, -0.1) is 11.3 Å². The molecule has 2 bridgehead atoms. The van der Waals surface area contributed by atoms with Gasteiger partial charge in [-0.3, -0.25) is 9.69 Å². The second-order valence-corrected chi connectivity index (χ2v) is 13.8. The van der Waals surface area contributed by atoms with Crippen LogP contribution in [0.15, 0.2) is 70.5 Å². The Kier molecular flexibility index (Phi) is 7.09. The number of likely N-dealkylation sites (tertiary alicyclic amines) is 1. The van der Waals surface area contributed by atoms with E-state index in [-0.39, 0.29) is 11.3 Å². The second-order valence-electron chi connectivity index (χ2n) is 12.1. The van der Waals surface area contributed by atoms with Crippen LogP contribution in [-0.2, 0) is 5.41 Å². The van der Waals surface area contributed by atoms with Crippen molar-refractivity contribution in [2.45, 2.75) is 75.4 Å². The molecule has 0 saturated carbocycles. The van der Waals surface area contributed by atoms with Gasteiger partial charge >= 0.3 is 0 Å². The quantitative estimate of drug-likeness (QED) is 0.224. The number of thiophene rings is 1. The van der Waals surface area contributed by atoms with Crippen molar-refractivity contribution in [3.05, 3.63) is 86.8 Å². The summed E-state index contributed by atoms with van der Waals surface area (Å²) in [6.07, 6.45) is 8.26. The Morgan fingerprint density at radius 3 is 2.38 bits per heavy atom. The molecule has 3 fully saturated rings. The standard InChI is InChI=1S/C33H37BrN4OS/c1-23-35-29-9-5-6-10-30(29)38(23)27-21-25-11-12-26(22-27)37(25)19-16-33(24-7-3-2-4-8-24)14-17-36(18-15-33)32(39)31-28(34)13-20-40-31/h2-10,13,20,25-27H,11-12,14-19,21-22H2,1H3/t25-,26+,27?. The van der Waals surface area contributed by atoms with Crippen LogP contribution in [0.3, 0.4) is 0 Å². The van der Waals surface area contributed by atoms with Gasteiger partial charge in [-0.1, -0.05) is 42.5 Å². The first kappa shape index (κ1) is 26.4. The number of halogens is 1. The Labute approximate surface area is 249 Å². The number of carbonyl (C=O) groups excluding carboxylic acids is 1. The first-order valence-corrected chi connectivity index (χ1v) is 16.5. The van der Waals surface area contributed by atoms with Crippen molar-refractivity contribution in [3.63, 3.8) is 0 Å². The predicted octanol–water partition coefficient (Wildman–Crippen LogP) is 7.60. The lowest BCUT2D eigenvalue weighted by Gasteiger charge is -2.45. The summed E-state index contributed by atoms with van der Waals surface area (Å²) in [5.41, 5.74) is 3.98. The van der Waals surface area contributed by atoms with Crippen molar-refractivity contribution in [2.75, 3.05) is 19.6 Å². The Balaban J connectivity index is 1.07. The summed E-state index contributed by atoms with van der Waals surface area (Å²) in [7, 11) is 0. The molecule has 2 aromatic carbocycles. The molecule has 0 N–H and O–H groups in total. The summed E-state index contributed by atoms with van der Waals surface area (Å²) in [6.45, 7) is 4.96. The summed E-state index contributed by atoms with van der Waals surface area (Å²) in [5, 5.41) is 1.99. The van der Waals surface area contributed by atoms with Crippen molar-refractivity contribution in [2.24, 2.45) is 0 Å². The monoisotopic (exact) mass is 616 g/mol. The molecule has 3 atom stereocenters. The number of hydrogen-bond donors (Lipinski definition) is 0. The van der Waals surface area contributed by atoms with Gasteiger partial charge in [-0.25, -0.2) is 4.98 Å². The molecule has 1 unspecified atom stereocenters. The van der Waals surface area contributed by atoms with E-state index < -0.39 is 0 Å². The van der Waals surface area contributed by atoms with Crippen LogP contribution < -0.4 is 0 Å². The molecule has 4 aromatic rings. The average molecular weight is 618 g/mol. The molecule has 7 heteroatoms. The SMILES string of the molecule is Cc1nc2ccccc2n1C1C[C@H]2CC[C@@H](C1)N2CCC1(c2ccccc2)CCN(C(=O)c2sccc2Br)CC1. The number of para-hydroxylation sites is 2. The van der Waals surface area contributed by atoms with E-state index in [4.69, 9.17) is 4.98 Å². The molecule has 0 aliphatic carbocycles. The summed E-state index contributed by atoms with van der Waals surface area (Å²) in [4.78, 5) is 23.9. The predicted molar refractivity (Wildman–Crippen MR) is 166 cm³/mol. The van der Waals surface area contributed by atoms with E-state index in [0.717, 1.165) is 59.6 Å². The van der Waals surface area contributed by atoms with E-state index in [1.165, 1.54) is 48.1 Å². The maximum Gasteiger partial charge on any atom is 0.265 e. The zero-order chi connectivity index (χ0) is 27.3. The fourth-order valence-electron chi connectivity index (χ4n) is 7.99. The van der Waals surface area contributed by atoms with Gasteiger partial charge in [0.2, 0.25) is 0 Å². The molecule has 3 saturated heterocycles. The van der Waals surface area contributed by atoms with Gasteiger partial charge in [0.15, 0.2) is 0 Å². The molecule has 2 aromatic heterocycles. The van der Waals surface area contributed by atoms with Gasteiger partial charge in [-0.05, 0) is 109 Å². The van der Waals surface area contributed by atoms with Gasteiger partial charge in [0.05, 0.1) is 11.0 Å². The number of hydrogen-bond acceptors (Lipinski definition) is 4. The number of aryl methyl sites for hydroxylation is 1. The van der Waals surface area contributed by atoms with E-state index in [9.17, 15) is 4.79 Å². The number of nitrogens with zero attached hydrogens (tertiary/aromatic N) is 4. The summed E-state index contributed by atoms with van der Waals surface area (Å²) in [6, 6.07) is 23.6. The number of imidazole rings is 1. The normalized spacial score (nSPS) is 24.6. The first-order chi connectivity index (χ1) is 19.5. The highest BCUT2D eigenvalue weighted by molar-refractivity contribution is 9.10. The molecule has 208 valence electrons. The maximum atomic E-state index is 13.3. The van der Waals surface area contributed by atoms with Crippen LogP contribution in [0.1, 0.15) is 72.0 Å². The lowest BCUT2D eigenvalue weighted by molar-refractivity contribution is 0.0610. The molecule has 0 spiro atoms. The van der Waals surface area contributed by atoms with Crippen molar-refractivity contribution < 1.29 is 4.79 Å². The summed E-state index contributed by atoms with van der Waals surface area (Å²) in [5.74, 6) is 1.32. The molecule has 40 heavy (non-hydrogen) atoms. The number of aromatic nitrogens is 2. The van der Waals surface area contributed by atoms with Gasteiger partial charge in [0.1, 0.15) is 10.7 Å². The van der Waals surface area contributed by atoms with E-state index in [1.54, 1.807) is 0 Å². The lowest BCUT2D eigenvalue weighted by Crippen LogP contribution is -2.49. The minimum Gasteiger partial charge on any atom is -0.338 e. The Morgan fingerprint density at radius 2 is 1.68 bits per heavy atom. The molecule has 0 radical (unpaired) electrons. The largest absolute Gasteiger partial charge is 0.338 e. The highest BCUT2D eigenvalue weighted by atomic mass is 79.9. The zero-order valence-electron chi connectivity index (χ0n) is 23.1. The van der Waals surface area contributed by atoms with E-state index in [1.807, 2.05) is 11.4 Å². The van der Waals surface area contributed by atoms with Gasteiger partial charge in [0.25, 0.3) is 5.91 Å². The molecule has 5 nitrogen and oxygen atoms in total. The average Bonchev–Trinajstić information content (AvgIpc) is 3.63. The third-order valence-corrected chi connectivity index (χ3v) is 11.9. The third-order valence-electron chi connectivity index (χ3n) is 10.1. The molecule has 1 amide bonds. The number of fused-ring (bicyclic) bond motifs is 3. The topological polar surface area (TPSA) is 41.4 Å². The Bertz CT molecular complexity index is 1490. The zero-order valence-corrected chi connectivity index (χ0v) is 25.5. The van der Waals surface area contributed by atoms with Crippen LogP contribution >= 0.6 is 27.3 Å². The van der Waals surface area contributed by atoms with Gasteiger partial charge in [-0.2, -0.15) is 0 Å². The number of rotatable bonds is 6. The fraction of sp³-hybridized carbons (Fsp3) is 0.455. The van der Waals surface area contributed by atoms with Crippen LogP contribution in [0.25, 0.3) is 11.0 Å². The van der Waals surface area contributed by atoms with Crippen LogP contribution in [0.4, 0.5) is 0 Å². The summed E-state index contributed by atoms with van der Waals surface area (Å²) < 4.78 is 3.45.